The van der Waals surface area contributed by atoms with Gasteiger partial charge in [-0.1, -0.05) is 11.6 Å². The second-order valence-corrected chi connectivity index (χ2v) is 5.80. The molecule has 0 aliphatic rings. The highest BCUT2D eigenvalue weighted by Crippen LogP contribution is 2.28. The lowest BCUT2D eigenvalue weighted by Crippen LogP contribution is -2.21. The molecule has 0 saturated carbocycles. The minimum Gasteiger partial charge on any atom is -0.476 e. The summed E-state index contributed by atoms with van der Waals surface area (Å²) in [5.74, 6) is -1.86. The van der Waals surface area contributed by atoms with E-state index in [2.05, 4.69) is 5.10 Å². The summed E-state index contributed by atoms with van der Waals surface area (Å²) in [7, 11) is 0. The predicted molar refractivity (Wildman–Crippen MR) is 77.1 cm³/mol. The van der Waals surface area contributed by atoms with Gasteiger partial charge in [-0.3, -0.25) is 4.79 Å². The van der Waals surface area contributed by atoms with Crippen molar-refractivity contribution in [2.45, 2.75) is 0 Å². The second kappa shape index (κ2) is 4.94. The van der Waals surface area contributed by atoms with Crippen LogP contribution >= 0.6 is 22.9 Å². The first kappa shape index (κ1) is 13.7. The van der Waals surface area contributed by atoms with E-state index in [0.717, 1.165) is 11.3 Å². The number of fused-ring (bicyclic) bond motifs is 1. The summed E-state index contributed by atoms with van der Waals surface area (Å²) in [5, 5.41) is 13.1. The molecular formula is C13H6ClFN2O3S. The maximum Gasteiger partial charge on any atom is 0.360 e. The maximum absolute atomic E-state index is 13.0. The van der Waals surface area contributed by atoms with Gasteiger partial charge < -0.3 is 5.11 Å². The predicted octanol–water partition coefficient (Wildman–Crippen LogP) is 2.94. The molecule has 3 aromatic rings. The van der Waals surface area contributed by atoms with Crippen LogP contribution in [0.3, 0.4) is 0 Å². The molecule has 0 radical (unpaired) electrons. The first-order chi connectivity index (χ1) is 9.97. The topological polar surface area (TPSA) is 72.2 Å². The number of aromatic nitrogens is 2. The van der Waals surface area contributed by atoms with Gasteiger partial charge in [0, 0.05) is 0 Å². The summed E-state index contributed by atoms with van der Waals surface area (Å²) in [4.78, 5) is 23.6. The Morgan fingerprint density at radius 2 is 2.00 bits per heavy atom. The highest BCUT2D eigenvalue weighted by atomic mass is 35.5. The average Bonchev–Trinajstić information content (AvgIpc) is 2.82. The number of carboxylic acid groups (broad SMARTS) is 1. The molecule has 0 fully saturated rings. The van der Waals surface area contributed by atoms with Crippen LogP contribution in [-0.2, 0) is 0 Å². The molecule has 0 spiro atoms. The largest absolute Gasteiger partial charge is 0.476 e. The van der Waals surface area contributed by atoms with E-state index in [1.54, 1.807) is 0 Å². The Labute approximate surface area is 125 Å². The van der Waals surface area contributed by atoms with Gasteiger partial charge in [0.05, 0.1) is 15.4 Å². The van der Waals surface area contributed by atoms with Gasteiger partial charge in [0.1, 0.15) is 10.6 Å². The number of aromatic carboxylic acids is 1. The van der Waals surface area contributed by atoms with Gasteiger partial charge in [0.15, 0.2) is 0 Å². The lowest BCUT2D eigenvalue weighted by Gasteiger charge is -2.07. The molecule has 106 valence electrons. The smallest absolute Gasteiger partial charge is 0.360 e. The molecule has 0 aliphatic heterocycles. The summed E-state index contributed by atoms with van der Waals surface area (Å²) >= 11 is 6.99. The van der Waals surface area contributed by atoms with Gasteiger partial charge >= 0.3 is 5.97 Å². The van der Waals surface area contributed by atoms with Crippen LogP contribution in [0.25, 0.3) is 15.9 Å². The molecule has 2 heterocycles. The number of halogens is 2. The molecule has 0 amide bonds. The molecule has 0 saturated heterocycles. The highest BCUT2D eigenvalue weighted by molar-refractivity contribution is 7.22. The first-order valence-corrected chi connectivity index (χ1v) is 6.88. The third-order valence-corrected chi connectivity index (χ3v) is 4.05. The van der Waals surface area contributed by atoms with Gasteiger partial charge in [0.2, 0.25) is 11.1 Å². The quantitative estimate of drug-likeness (QED) is 0.786. The molecule has 5 nitrogen and oxygen atoms in total. The summed E-state index contributed by atoms with van der Waals surface area (Å²) < 4.78 is 14.6. The third-order valence-electron chi connectivity index (χ3n) is 2.81. The van der Waals surface area contributed by atoms with Crippen molar-refractivity contribution in [2.24, 2.45) is 0 Å². The molecule has 1 N–H and O–H groups in total. The Morgan fingerprint density at radius 1 is 1.33 bits per heavy atom. The molecule has 8 heteroatoms. The van der Waals surface area contributed by atoms with E-state index in [9.17, 15) is 14.0 Å². The zero-order chi connectivity index (χ0) is 15.1. The van der Waals surface area contributed by atoms with E-state index in [-0.39, 0.29) is 5.39 Å². The van der Waals surface area contributed by atoms with Crippen molar-refractivity contribution in [3.63, 3.8) is 0 Å². The van der Waals surface area contributed by atoms with Crippen molar-refractivity contribution in [1.82, 2.24) is 9.78 Å². The number of benzene rings is 1. The van der Waals surface area contributed by atoms with Crippen molar-refractivity contribution < 1.29 is 14.3 Å². The average molecular weight is 325 g/mol. The Morgan fingerprint density at radius 3 is 2.62 bits per heavy atom. The summed E-state index contributed by atoms with van der Waals surface area (Å²) in [6, 6.07) is 6.71. The Kier molecular flexibility index (Phi) is 3.23. The zero-order valence-electron chi connectivity index (χ0n) is 10.2. The van der Waals surface area contributed by atoms with E-state index in [1.165, 1.54) is 35.0 Å². The fraction of sp³-hybridized carbons (Fsp3) is 0. The van der Waals surface area contributed by atoms with E-state index in [4.69, 9.17) is 16.7 Å². The molecule has 2 aromatic heterocycles. The number of thiophene rings is 1. The number of hydrogen-bond donors (Lipinski definition) is 1. The molecular weight excluding hydrogens is 319 g/mol. The number of hydrogen-bond acceptors (Lipinski definition) is 4. The highest BCUT2D eigenvalue weighted by Gasteiger charge is 2.19. The van der Waals surface area contributed by atoms with Crippen LogP contribution in [0.4, 0.5) is 4.39 Å². The SMILES string of the molecule is O=C(O)c1nn(-c2ccc(F)cc2)c2sc(Cl)cc2c1=O. The van der Waals surface area contributed by atoms with Crippen molar-refractivity contribution in [3.8, 4) is 5.69 Å². The van der Waals surface area contributed by atoms with Gasteiger partial charge in [-0.25, -0.2) is 13.9 Å². The zero-order valence-corrected chi connectivity index (χ0v) is 11.8. The Hall–Kier alpha value is -2.25. The lowest BCUT2D eigenvalue weighted by atomic mass is 10.2. The van der Waals surface area contributed by atoms with E-state index in [0.29, 0.717) is 14.9 Å². The van der Waals surface area contributed by atoms with Crippen LogP contribution in [0.15, 0.2) is 35.1 Å². The van der Waals surface area contributed by atoms with Crippen LogP contribution in [0.1, 0.15) is 10.5 Å². The molecule has 0 bridgehead atoms. The fourth-order valence-electron chi connectivity index (χ4n) is 1.89. The number of carbonyl (C=O) groups is 1. The van der Waals surface area contributed by atoms with Crippen molar-refractivity contribution in [1.29, 1.82) is 0 Å². The second-order valence-electron chi connectivity index (χ2n) is 4.14. The van der Waals surface area contributed by atoms with Crippen LogP contribution < -0.4 is 5.43 Å². The fourth-order valence-corrected chi connectivity index (χ4v) is 3.07. The Balaban J connectivity index is 2.40. The summed E-state index contributed by atoms with van der Waals surface area (Å²) in [5.41, 5.74) is -0.872. The lowest BCUT2D eigenvalue weighted by molar-refractivity contribution is 0.0687. The van der Waals surface area contributed by atoms with Gasteiger partial charge in [-0.2, -0.15) is 5.10 Å². The van der Waals surface area contributed by atoms with E-state index in [1.807, 2.05) is 0 Å². The monoisotopic (exact) mass is 324 g/mol. The van der Waals surface area contributed by atoms with Crippen molar-refractivity contribution >= 4 is 39.1 Å². The number of carboxylic acids is 1. The van der Waals surface area contributed by atoms with Crippen molar-refractivity contribution in [2.75, 3.05) is 0 Å². The van der Waals surface area contributed by atoms with Crippen LogP contribution in [0.2, 0.25) is 4.34 Å². The molecule has 3 rings (SSSR count). The third kappa shape index (κ3) is 2.30. The molecule has 21 heavy (non-hydrogen) atoms. The standard InChI is InChI=1S/C13H6ClFN2O3S/c14-9-5-8-11(18)10(13(19)20)16-17(12(8)21-9)7-3-1-6(15)2-4-7/h1-5H,(H,19,20). The van der Waals surface area contributed by atoms with Gasteiger partial charge in [0.25, 0.3) is 0 Å². The van der Waals surface area contributed by atoms with Crippen molar-refractivity contribution in [3.05, 3.63) is 56.4 Å². The number of rotatable bonds is 2. The molecule has 1 aromatic carbocycles. The minimum absolute atomic E-state index is 0.168. The first-order valence-electron chi connectivity index (χ1n) is 5.69. The molecule has 0 unspecified atom stereocenters. The maximum atomic E-state index is 13.0. The summed E-state index contributed by atoms with van der Waals surface area (Å²) in [6.45, 7) is 0. The normalized spacial score (nSPS) is 11.0. The van der Waals surface area contributed by atoms with Crippen LogP contribution in [-0.4, -0.2) is 20.9 Å². The van der Waals surface area contributed by atoms with Crippen LogP contribution in [0, 0.1) is 5.82 Å². The molecule has 0 atom stereocenters. The summed E-state index contributed by atoms with van der Waals surface area (Å²) in [6.07, 6.45) is 0. The van der Waals surface area contributed by atoms with Gasteiger partial charge in [-0.05, 0) is 30.3 Å². The molecule has 0 aliphatic carbocycles. The minimum atomic E-state index is -1.43. The van der Waals surface area contributed by atoms with Gasteiger partial charge in [-0.15, -0.1) is 11.3 Å². The Bertz CT molecular complexity index is 918. The van der Waals surface area contributed by atoms with E-state index >= 15 is 0 Å². The number of nitrogens with zero attached hydrogens (tertiary/aromatic N) is 2. The van der Waals surface area contributed by atoms with Crippen LogP contribution in [0.5, 0.6) is 0 Å². The van der Waals surface area contributed by atoms with E-state index < -0.39 is 22.9 Å².